The molecule has 0 radical (unpaired) electrons. The van der Waals surface area contributed by atoms with Gasteiger partial charge in [0.1, 0.15) is 22.5 Å². The molecule has 96 valence electrons. The summed E-state index contributed by atoms with van der Waals surface area (Å²) in [7, 11) is 3.48. The summed E-state index contributed by atoms with van der Waals surface area (Å²) < 4.78 is 7.09. The van der Waals surface area contributed by atoms with E-state index in [9.17, 15) is 0 Å². The number of halogens is 1. The number of rotatable bonds is 2. The first-order chi connectivity index (χ1) is 9.20. The molecular weight excluding hydrogens is 264 g/mol. The van der Waals surface area contributed by atoms with Crippen molar-refractivity contribution in [2.45, 2.75) is 0 Å². The van der Waals surface area contributed by atoms with Crippen molar-refractivity contribution >= 4 is 22.6 Å². The number of fused-ring (bicyclic) bond motifs is 1. The zero-order chi connectivity index (χ0) is 13.4. The van der Waals surface area contributed by atoms with E-state index < -0.39 is 0 Å². The monoisotopic (exact) mass is 274 g/mol. The van der Waals surface area contributed by atoms with Crippen LogP contribution in [0, 0.1) is 0 Å². The molecule has 0 saturated heterocycles. The first-order valence-corrected chi connectivity index (χ1v) is 6.07. The topological polar surface area (TPSA) is 52.8 Å². The molecule has 5 nitrogen and oxygen atoms in total. The van der Waals surface area contributed by atoms with Crippen LogP contribution in [0.5, 0.6) is 5.75 Å². The number of aromatic nitrogens is 4. The van der Waals surface area contributed by atoms with Crippen LogP contribution in [0.25, 0.3) is 22.3 Å². The molecule has 2 heterocycles. The molecule has 0 aliphatic carbocycles. The maximum absolute atomic E-state index is 5.87. The Hall–Kier alpha value is -2.14. The number of hydrogen-bond donors (Lipinski definition) is 0. The first-order valence-electron chi connectivity index (χ1n) is 5.69. The number of benzene rings is 1. The van der Waals surface area contributed by atoms with E-state index in [0.717, 1.165) is 22.5 Å². The molecule has 6 heteroatoms. The number of para-hydroxylation sites is 1. The highest BCUT2D eigenvalue weighted by molar-refractivity contribution is 6.28. The molecule has 0 atom stereocenters. The number of nitrogens with zero attached hydrogens (tertiary/aromatic N) is 4. The molecule has 2 aromatic heterocycles. The summed E-state index contributed by atoms with van der Waals surface area (Å²) in [5.74, 6) is 0.747. The lowest BCUT2D eigenvalue weighted by Crippen LogP contribution is -1.91. The molecule has 0 aliphatic rings. The molecule has 0 amide bonds. The van der Waals surface area contributed by atoms with Crippen LogP contribution >= 0.6 is 11.6 Å². The molecule has 1 aromatic carbocycles. The summed E-state index contributed by atoms with van der Waals surface area (Å²) >= 11 is 5.87. The predicted octanol–water partition coefficient (Wildman–Crippen LogP) is 2.69. The zero-order valence-electron chi connectivity index (χ0n) is 10.5. The van der Waals surface area contributed by atoms with E-state index in [1.165, 1.54) is 0 Å². The fourth-order valence-corrected chi connectivity index (χ4v) is 2.17. The Balaban J connectivity index is 2.33. The second-order valence-corrected chi connectivity index (χ2v) is 4.38. The van der Waals surface area contributed by atoms with E-state index in [-0.39, 0.29) is 5.28 Å². The van der Waals surface area contributed by atoms with Crippen molar-refractivity contribution in [1.29, 1.82) is 0 Å². The highest BCUT2D eigenvalue weighted by atomic mass is 35.5. The zero-order valence-corrected chi connectivity index (χ0v) is 11.2. The van der Waals surface area contributed by atoms with Crippen LogP contribution in [-0.2, 0) is 7.05 Å². The lowest BCUT2D eigenvalue weighted by molar-refractivity contribution is 0.416. The van der Waals surface area contributed by atoms with Crippen LogP contribution in [0.1, 0.15) is 0 Å². The molecular formula is C13H11ClN4O. The van der Waals surface area contributed by atoms with Gasteiger partial charge in [0.25, 0.3) is 0 Å². The van der Waals surface area contributed by atoms with Gasteiger partial charge in [-0.25, -0.2) is 9.97 Å². The van der Waals surface area contributed by atoms with Gasteiger partial charge < -0.3 is 4.74 Å². The van der Waals surface area contributed by atoms with Gasteiger partial charge in [-0.15, -0.1) is 0 Å². The van der Waals surface area contributed by atoms with Crippen molar-refractivity contribution in [3.63, 3.8) is 0 Å². The van der Waals surface area contributed by atoms with Gasteiger partial charge in [-0.1, -0.05) is 12.1 Å². The Kier molecular flexibility index (Phi) is 2.83. The average Bonchev–Trinajstić information content (AvgIpc) is 2.75. The fraction of sp³-hybridized carbons (Fsp3) is 0.154. The van der Waals surface area contributed by atoms with Gasteiger partial charge >= 0.3 is 0 Å². The Bertz CT molecular complexity index is 753. The van der Waals surface area contributed by atoms with Gasteiger partial charge in [-0.3, -0.25) is 4.68 Å². The van der Waals surface area contributed by atoms with E-state index >= 15 is 0 Å². The first kappa shape index (κ1) is 11.9. The van der Waals surface area contributed by atoms with Crippen LogP contribution in [-0.4, -0.2) is 26.9 Å². The predicted molar refractivity (Wildman–Crippen MR) is 73.3 cm³/mol. The van der Waals surface area contributed by atoms with Crippen molar-refractivity contribution in [2.24, 2.45) is 7.05 Å². The lowest BCUT2D eigenvalue weighted by Gasteiger charge is -2.05. The van der Waals surface area contributed by atoms with E-state index in [1.54, 1.807) is 18.0 Å². The average molecular weight is 275 g/mol. The van der Waals surface area contributed by atoms with Crippen molar-refractivity contribution in [1.82, 2.24) is 19.7 Å². The summed E-state index contributed by atoms with van der Waals surface area (Å²) in [4.78, 5) is 8.24. The summed E-state index contributed by atoms with van der Waals surface area (Å²) in [6.45, 7) is 0. The lowest BCUT2D eigenvalue weighted by atomic mass is 10.1. The maximum Gasteiger partial charge on any atom is 0.223 e. The van der Waals surface area contributed by atoms with Gasteiger partial charge in [0.2, 0.25) is 5.28 Å². The quantitative estimate of drug-likeness (QED) is 0.674. The summed E-state index contributed by atoms with van der Waals surface area (Å²) in [5.41, 5.74) is 3.15. The maximum atomic E-state index is 5.87. The third kappa shape index (κ3) is 1.92. The summed E-state index contributed by atoms with van der Waals surface area (Å²) in [6.07, 6.45) is 1.66. The molecule has 19 heavy (non-hydrogen) atoms. The highest BCUT2D eigenvalue weighted by Gasteiger charge is 2.16. The van der Waals surface area contributed by atoms with Gasteiger partial charge in [0.15, 0.2) is 0 Å². The molecule has 0 fully saturated rings. The van der Waals surface area contributed by atoms with E-state index in [0.29, 0.717) is 5.52 Å². The van der Waals surface area contributed by atoms with Crippen molar-refractivity contribution in [3.05, 3.63) is 35.7 Å². The largest absolute Gasteiger partial charge is 0.496 e. The molecule has 0 N–H and O–H groups in total. The molecule has 0 unspecified atom stereocenters. The molecule has 0 bridgehead atoms. The fourth-order valence-electron chi connectivity index (χ4n) is 2.04. The summed E-state index contributed by atoms with van der Waals surface area (Å²) in [5, 5.41) is 4.69. The normalized spacial score (nSPS) is 10.9. The molecule has 3 aromatic rings. The van der Waals surface area contributed by atoms with Gasteiger partial charge in [-0.05, 0) is 23.7 Å². The minimum atomic E-state index is 0.205. The Morgan fingerprint density at radius 3 is 2.84 bits per heavy atom. The second kappa shape index (κ2) is 4.51. The number of hydrogen-bond acceptors (Lipinski definition) is 4. The summed E-state index contributed by atoms with van der Waals surface area (Å²) in [6, 6.07) is 7.67. The van der Waals surface area contributed by atoms with E-state index in [1.807, 2.05) is 31.3 Å². The van der Waals surface area contributed by atoms with Crippen molar-refractivity contribution in [2.75, 3.05) is 7.11 Å². The van der Waals surface area contributed by atoms with E-state index in [2.05, 4.69) is 15.1 Å². The standard InChI is InChI=1S/C13H11ClN4O/c1-18-9-7-15-13(14)16-12(9)11(17-18)8-5-3-4-6-10(8)19-2/h3-7H,1-2H3. The number of aryl methyl sites for hydroxylation is 1. The van der Waals surface area contributed by atoms with Crippen LogP contribution in [0.3, 0.4) is 0 Å². The molecule has 0 aliphatic heterocycles. The van der Waals surface area contributed by atoms with E-state index in [4.69, 9.17) is 16.3 Å². The Labute approximate surface area is 114 Å². The van der Waals surface area contributed by atoms with Gasteiger partial charge in [0, 0.05) is 12.6 Å². The van der Waals surface area contributed by atoms with Crippen LogP contribution in [0.2, 0.25) is 5.28 Å². The molecule has 0 spiro atoms. The minimum absolute atomic E-state index is 0.205. The van der Waals surface area contributed by atoms with Crippen molar-refractivity contribution < 1.29 is 4.74 Å². The smallest absolute Gasteiger partial charge is 0.223 e. The minimum Gasteiger partial charge on any atom is -0.496 e. The Morgan fingerprint density at radius 2 is 2.05 bits per heavy atom. The van der Waals surface area contributed by atoms with Gasteiger partial charge in [0.05, 0.1) is 13.3 Å². The van der Waals surface area contributed by atoms with Crippen molar-refractivity contribution in [3.8, 4) is 17.0 Å². The number of ether oxygens (including phenoxy) is 1. The molecule has 3 rings (SSSR count). The van der Waals surface area contributed by atoms with Crippen LogP contribution < -0.4 is 4.74 Å². The van der Waals surface area contributed by atoms with Crippen LogP contribution in [0.4, 0.5) is 0 Å². The SMILES string of the molecule is COc1ccccc1-c1nn(C)c2cnc(Cl)nc12. The highest BCUT2D eigenvalue weighted by Crippen LogP contribution is 2.32. The molecule has 0 saturated carbocycles. The third-order valence-electron chi connectivity index (χ3n) is 2.93. The third-order valence-corrected chi connectivity index (χ3v) is 3.11. The van der Waals surface area contributed by atoms with Gasteiger partial charge in [-0.2, -0.15) is 5.10 Å². The second-order valence-electron chi connectivity index (χ2n) is 4.05. The Morgan fingerprint density at radius 1 is 1.26 bits per heavy atom. The number of methoxy groups -OCH3 is 1. The van der Waals surface area contributed by atoms with Crippen LogP contribution in [0.15, 0.2) is 30.5 Å².